The maximum atomic E-state index is 12.6. The summed E-state index contributed by atoms with van der Waals surface area (Å²) in [6.45, 7) is 0.365. The number of ether oxygens (including phenoxy) is 1. The number of piperidine rings is 1. The predicted molar refractivity (Wildman–Crippen MR) is 99.6 cm³/mol. The molecule has 0 spiro atoms. The average molecular weight is 375 g/mol. The minimum atomic E-state index is -0.742. The zero-order valence-electron chi connectivity index (χ0n) is 15.5. The lowest BCUT2D eigenvalue weighted by Gasteiger charge is -2.44. The number of rotatable bonds is 5. The third-order valence-corrected chi connectivity index (χ3v) is 5.59. The second-order valence-corrected chi connectivity index (χ2v) is 7.15. The standard InChI is InChI=1S/C19H25N3O5/c1-20-16-9-8-14(22(25)26)11-15(16)19(24)27-12-18(23)21-10-4-6-13-5-2-3-7-17(13)21/h8-9,11,13,17,20H,2-7,10,12H2,1H3/t13-,17-/m1/s1. The van der Waals surface area contributed by atoms with Crippen molar-refractivity contribution in [2.75, 3.05) is 25.5 Å². The third-order valence-electron chi connectivity index (χ3n) is 5.59. The Balaban J connectivity index is 1.65. The largest absolute Gasteiger partial charge is 0.452 e. The summed E-state index contributed by atoms with van der Waals surface area (Å²) in [6.07, 6.45) is 6.66. The molecule has 0 aromatic heterocycles. The molecule has 1 heterocycles. The smallest absolute Gasteiger partial charge is 0.341 e. The Morgan fingerprint density at radius 3 is 2.74 bits per heavy atom. The van der Waals surface area contributed by atoms with Crippen LogP contribution in [-0.2, 0) is 9.53 Å². The van der Waals surface area contributed by atoms with Crippen molar-refractivity contribution < 1.29 is 19.2 Å². The van der Waals surface area contributed by atoms with Gasteiger partial charge in [-0.1, -0.05) is 12.8 Å². The first kappa shape index (κ1) is 19.1. The lowest BCUT2D eigenvalue weighted by molar-refractivity contribution is -0.384. The monoisotopic (exact) mass is 375 g/mol. The highest BCUT2D eigenvalue weighted by molar-refractivity contribution is 5.97. The number of non-ortho nitro benzene ring substituents is 1. The Morgan fingerprint density at radius 2 is 2.00 bits per heavy atom. The Morgan fingerprint density at radius 1 is 1.26 bits per heavy atom. The summed E-state index contributed by atoms with van der Waals surface area (Å²) >= 11 is 0. The average Bonchev–Trinajstić information content (AvgIpc) is 2.70. The number of carbonyl (C=O) groups is 2. The number of nitrogens with zero attached hydrogens (tertiary/aromatic N) is 2. The number of amides is 1. The summed E-state index contributed by atoms with van der Waals surface area (Å²) in [5.41, 5.74) is 0.269. The molecular weight excluding hydrogens is 350 g/mol. The van der Waals surface area contributed by atoms with Crippen LogP contribution in [0.25, 0.3) is 0 Å². The Kier molecular flexibility index (Phi) is 5.93. The molecule has 0 unspecified atom stereocenters. The summed E-state index contributed by atoms with van der Waals surface area (Å²) in [4.78, 5) is 37.3. The van der Waals surface area contributed by atoms with Crippen molar-refractivity contribution in [3.05, 3.63) is 33.9 Å². The van der Waals surface area contributed by atoms with E-state index in [0.29, 0.717) is 18.2 Å². The molecule has 1 amide bonds. The molecule has 3 rings (SSSR count). The number of nitro benzene ring substituents is 1. The highest BCUT2D eigenvalue weighted by Crippen LogP contribution is 2.35. The van der Waals surface area contributed by atoms with E-state index in [1.807, 2.05) is 4.90 Å². The summed E-state index contributed by atoms with van der Waals surface area (Å²) < 4.78 is 5.21. The summed E-state index contributed by atoms with van der Waals surface area (Å²) in [5, 5.41) is 13.8. The number of esters is 1. The summed E-state index contributed by atoms with van der Waals surface area (Å²) in [7, 11) is 1.61. The first-order chi connectivity index (χ1) is 13.0. The van der Waals surface area contributed by atoms with E-state index in [9.17, 15) is 19.7 Å². The van der Waals surface area contributed by atoms with E-state index in [-0.39, 0.29) is 29.8 Å². The Bertz CT molecular complexity index is 734. The van der Waals surface area contributed by atoms with Gasteiger partial charge in [-0.05, 0) is 37.7 Å². The first-order valence-corrected chi connectivity index (χ1v) is 9.44. The molecule has 1 aliphatic carbocycles. The van der Waals surface area contributed by atoms with Crippen LogP contribution in [0.4, 0.5) is 11.4 Å². The Hall–Kier alpha value is -2.64. The van der Waals surface area contributed by atoms with Crippen LogP contribution in [0, 0.1) is 16.0 Å². The normalized spacial score (nSPS) is 21.9. The van der Waals surface area contributed by atoms with Crippen LogP contribution in [0.1, 0.15) is 48.9 Å². The van der Waals surface area contributed by atoms with Gasteiger partial charge in [0.15, 0.2) is 6.61 Å². The molecule has 1 N–H and O–H groups in total. The topological polar surface area (TPSA) is 102 Å². The van der Waals surface area contributed by atoms with Crippen LogP contribution in [0.3, 0.4) is 0 Å². The molecule has 8 heteroatoms. The van der Waals surface area contributed by atoms with Gasteiger partial charge in [-0.2, -0.15) is 0 Å². The number of hydrogen-bond acceptors (Lipinski definition) is 6. The zero-order valence-corrected chi connectivity index (χ0v) is 15.5. The molecule has 8 nitrogen and oxygen atoms in total. The number of nitro groups is 1. The van der Waals surface area contributed by atoms with Gasteiger partial charge in [-0.15, -0.1) is 0 Å². The third kappa shape index (κ3) is 4.20. The molecule has 2 atom stereocenters. The number of hydrogen-bond donors (Lipinski definition) is 1. The highest BCUT2D eigenvalue weighted by atomic mass is 16.6. The molecule has 1 saturated heterocycles. The lowest BCUT2D eigenvalue weighted by Crippen LogP contribution is -2.50. The molecule has 146 valence electrons. The van der Waals surface area contributed by atoms with Crippen LogP contribution in [0.2, 0.25) is 0 Å². The summed E-state index contributed by atoms with van der Waals surface area (Å²) in [6, 6.07) is 4.18. The molecule has 0 radical (unpaired) electrons. The number of carbonyl (C=O) groups excluding carboxylic acids is 2. The van der Waals surface area contributed by atoms with Gasteiger partial charge in [0.05, 0.1) is 10.5 Å². The predicted octanol–water partition coefficient (Wildman–Crippen LogP) is 2.97. The first-order valence-electron chi connectivity index (χ1n) is 9.44. The molecule has 1 saturated carbocycles. The number of nitrogens with one attached hydrogen (secondary N) is 1. The van der Waals surface area contributed by atoms with E-state index >= 15 is 0 Å². The molecule has 1 aromatic carbocycles. The van der Waals surface area contributed by atoms with Crippen LogP contribution in [0.5, 0.6) is 0 Å². The molecule has 1 aliphatic heterocycles. The van der Waals surface area contributed by atoms with Crippen LogP contribution >= 0.6 is 0 Å². The Labute approximate surface area is 158 Å². The van der Waals surface area contributed by atoms with E-state index in [1.54, 1.807) is 7.05 Å². The van der Waals surface area contributed by atoms with E-state index in [0.717, 1.165) is 38.2 Å². The van der Waals surface area contributed by atoms with Crippen molar-refractivity contribution in [2.24, 2.45) is 5.92 Å². The van der Waals surface area contributed by atoms with Gasteiger partial charge >= 0.3 is 5.97 Å². The van der Waals surface area contributed by atoms with Gasteiger partial charge in [0.2, 0.25) is 0 Å². The van der Waals surface area contributed by atoms with Gasteiger partial charge in [-0.25, -0.2) is 4.79 Å². The number of anilines is 1. The molecule has 0 bridgehead atoms. The van der Waals surface area contributed by atoms with Gasteiger partial charge in [0.25, 0.3) is 11.6 Å². The summed E-state index contributed by atoms with van der Waals surface area (Å²) in [5.74, 6) is -0.371. The minimum Gasteiger partial charge on any atom is -0.452 e. The van der Waals surface area contributed by atoms with Crippen molar-refractivity contribution >= 4 is 23.3 Å². The quantitative estimate of drug-likeness (QED) is 0.482. The SMILES string of the molecule is CNc1ccc([N+](=O)[O-])cc1C(=O)OCC(=O)N1CCC[C@H]2CCCC[C@H]21. The molecular formula is C19H25N3O5. The van der Waals surface area contributed by atoms with Crippen molar-refractivity contribution in [1.82, 2.24) is 4.90 Å². The number of fused-ring (bicyclic) bond motifs is 1. The fourth-order valence-electron chi connectivity index (χ4n) is 4.26. The van der Waals surface area contributed by atoms with E-state index < -0.39 is 10.9 Å². The van der Waals surface area contributed by atoms with Gasteiger partial charge in [-0.3, -0.25) is 14.9 Å². The van der Waals surface area contributed by atoms with Crippen molar-refractivity contribution in [3.8, 4) is 0 Å². The van der Waals surface area contributed by atoms with Gasteiger partial charge in [0.1, 0.15) is 0 Å². The van der Waals surface area contributed by atoms with E-state index in [4.69, 9.17) is 4.74 Å². The highest BCUT2D eigenvalue weighted by Gasteiger charge is 2.35. The van der Waals surface area contributed by atoms with Gasteiger partial charge < -0.3 is 15.0 Å². The maximum Gasteiger partial charge on any atom is 0.341 e. The molecule has 2 fully saturated rings. The van der Waals surface area contributed by atoms with Crippen LogP contribution in [-0.4, -0.2) is 47.9 Å². The van der Waals surface area contributed by atoms with Crippen LogP contribution < -0.4 is 5.32 Å². The van der Waals surface area contributed by atoms with Crippen molar-refractivity contribution in [2.45, 2.75) is 44.6 Å². The molecule has 27 heavy (non-hydrogen) atoms. The van der Waals surface area contributed by atoms with Crippen molar-refractivity contribution in [3.63, 3.8) is 0 Å². The molecule has 1 aromatic rings. The maximum absolute atomic E-state index is 12.6. The van der Waals surface area contributed by atoms with Crippen molar-refractivity contribution in [1.29, 1.82) is 0 Å². The number of likely N-dealkylation sites (tertiary alicyclic amines) is 1. The fraction of sp³-hybridized carbons (Fsp3) is 0.579. The molecule has 2 aliphatic rings. The van der Waals surface area contributed by atoms with E-state index in [2.05, 4.69) is 5.32 Å². The minimum absolute atomic E-state index is 0.0497. The zero-order chi connectivity index (χ0) is 19.4. The van der Waals surface area contributed by atoms with E-state index in [1.165, 1.54) is 18.6 Å². The fourth-order valence-corrected chi connectivity index (χ4v) is 4.26. The second kappa shape index (κ2) is 8.37. The van der Waals surface area contributed by atoms with Crippen LogP contribution in [0.15, 0.2) is 18.2 Å². The number of benzene rings is 1. The second-order valence-electron chi connectivity index (χ2n) is 7.15. The van der Waals surface area contributed by atoms with Gasteiger partial charge in [0, 0.05) is 37.5 Å². The lowest BCUT2D eigenvalue weighted by atomic mass is 9.78.